The maximum Gasteiger partial charge on any atom is 0.336 e. The van der Waals surface area contributed by atoms with E-state index < -0.39 is 24.0 Å². The van der Waals surface area contributed by atoms with Gasteiger partial charge in [-0.2, -0.15) is 0 Å². The summed E-state index contributed by atoms with van der Waals surface area (Å²) >= 11 is 0. The van der Waals surface area contributed by atoms with E-state index in [0.29, 0.717) is 5.57 Å². The van der Waals surface area contributed by atoms with Crippen LogP contribution in [0.25, 0.3) is 0 Å². The molecule has 0 amide bonds. The summed E-state index contributed by atoms with van der Waals surface area (Å²) in [4.78, 5) is 23.5. The molecular weight excluding hydrogens is 248 g/mol. The van der Waals surface area contributed by atoms with E-state index in [-0.39, 0.29) is 18.6 Å². The molecule has 0 spiro atoms. The Balaban J connectivity index is 4.87. The lowest BCUT2D eigenvalue weighted by molar-refractivity contribution is -0.170. The summed E-state index contributed by atoms with van der Waals surface area (Å²) in [5.74, 6) is -2.42. The second-order valence-electron chi connectivity index (χ2n) is 5.18. The van der Waals surface area contributed by atoms with E-state index in [0.717, 1.165) is 0 Å². The van der Waals surface area contributed by atoms with E-state index in [2.05, 4.69) is 6.58 Å². The average Bonchev–Trinajstić information content (AvgIpc) is 2.22. The molecular formula is C14H24O5. The van der Waals surface area contributed by atoms with Gasteiger partial charge in [-0.05, 0) is 41.0 Å². The second kappa shape index (κ2) is 7.94. The van der Waals surface area contributed by atoms with E-state index >= 15 is 0 Å². The number of rotatable bonds is 7. The highest BCUT2D eigenvalue weighted by Crippen LogP contribution is 2.19. The minimum atomic E-state index is -1.54. The van der Waals surface area contributed by atoms with Gasteiger partial charge in [-0.25, -0.2) is 4.79 Å². The summed E-state index contributed by atoms with van der Waals surface area (Å²) in [5, 5.41) is 9.94. The smallest absolute Gasteiger partial charge is 0.336 e. The Kier molecular flexibility index (Phi) is 7.37. The fourth-order valence-electron chi connectivity index (χ4n) is 1.49. The van der Waals surface area contributed by atoms with E-state index in [1.54, 1.807) is 34.6 Å². The maximum atomic E-state index is 11.9. The van der Waals surface area contributed by atoms with Gasteiger partial charge >= 0.3 is 11.9 Å². The molecule has 0 rings (SSSR count). The lowest BCUT2D eigenvalue weighted by Gasteiger charge is -2.22. The molecule has 0 saturated heterocycles. The summed E-state index contributed by atoms with van der Waals surface area (Å²) in [7, 11) is 0. The van der Waals surface area contributed by atoms with Crippen LogP contribution in [0.5, 0.6) is 0 Å². The zero-order valence-electron chi connectivity index (χ0n) is 12.3. The van der Waals surface area contributed by atoms with Gasteiger partial charge in [0.05, 0.1) is 18.1 Å². The predicted molar refractivity (Wildman–Crippen MR) is 71.4 cm³/mol. The van der Waals surface area contributed by atoms with Crippen molar-refractivity contribution in [2.45, 2.75) is 59.4 Å². The van der Waals surface area contributed by atoms with Crippen LogP contribution in [0.3, 0.4) is 0 Å². The van der Waals surface area contributed by atoms with Crippen LogP contribution in [0, 0.1) is 5.92 Å². The minimum Gasteiger partial charge on any atom is -0.463 e. The maximum absolute atomic E-state index is 11.9. The highest BCUT2D eigenvalue weighted by atomic mass is 16.6. The molecule has 0 aliphatic rings. The van der Waals surface area contributed by atoms with Gasteiger partial charge in [-0.15, -0.1) is 6.58 Å². The Morgan fingerprint density at radius 2 is 1.47 bits per heavy atom. The highest BCUT2D eigenvalue weighted by molar-refractivity contribution is 5.84. The monoisotopic (exact) mass is 272 g/mol. The van der Waals surface area contributed by atoms with Gasteiger partial charge in [-0.3, -0.25) is 4.79 Å². The molecule has 0 radical (unpaired) electrons. The topological polar surface area (TPSA) is 72.8 Å². The van der Waals surface area contributed by atoms with E-state index in [9.17, 15) is 14.7 Å². The number of hydrogen-bond acceptors (Lipinski definition) is 5. The standard InChI is InChI=1S/C14H24O5/c1-8(2)7-11(13(16)18-9(3)4)12(15)14(17)19-10(5)6/h9-12,15H,1,7H2,2-6H3/t11-,12+/m1/s1. The van der Waals surface area contributed by atoms with Crippen LogP contribution in [0.4, 0.5) is 0 Å². The number of esters is 2. The number of carbonyl (C=O) groups is 2. The summed E-state index contributed by atoms with van der Waals surface area (Å²) in [6.45, 7) is 12.2. The molecule has 1 N–H and O–H groups in total. The van der Waals surface area contributed by atoms with Gasteiger partial charge < -0.3 is 14.6 Å². The third-order valence-corrected chi connectivity index (χ3v) is 2.20. The Morgan fingerprint density at radius 3 is 1.84 bits per heavy atom. The van der Waals surface area contributed by atoms with Crippen molar-refractivity contribution in [1.82, 2.24) is 0 Å². The van der Waals surface area contributed by atoms with Crippen molar-refractivity contribution < 1.29 is 24.2 Å². The normalized spacial score (nSPS) is 14.1. The lowest BCUT2D eigenvalue weighted by Crippen LogP contribution is -2.39. The SMILES string of the molecule is C=C(C)C[C@@H](C(=O)OC(C)C)[C@H](O)C(=O)OC(C)C. The third kappa shape index (κ3) is 6.96. The van der Waals surface area contributed by atoms with Crippen molar-refractivity contribution in [2.75, 3.05) is 0 Å². The van der Waals surface area contributed by atoms with E-state index in [1.165, 1.54) is 0 Å². The minimum absolute atomic E-state index is 0.180. The van der Waals surface area contributed by atoms with Crippen molar-refractivity contribution in [2.24, 2.45) is 5.92 Å². The van der Waals surface area contributed by atoms with Crippen molar-refractivity contribution in [3.63, 3.8) is 0 Å². The number of aliphatic hydroxyl groups excluding tert-OH is 1. The number of ether oxygens (including phenoxy) is 2. The first-order valence-electron chi connectivity index (χ1n) is 6.38. The molecule has 2 atom stereocenters. The molecule has 0 aliphatic heterocycles. The summed E-state index contributed by atoms with van der Waals surface area (Å²) in [6.07, 6.45) is -2.02. The summed E-state index contributed by atoms with van der Waals surface area (Å²) < 4.78 is 9.94. The number of carbonyl (C=O) groups excluding carboxylic acids is 2. The third-order valence-electron chi connectivity index (χ3n) is 2.20. The highest BCUT2D eigenvalue weighted by Gasteiger charge is 2.35. The van der Waals surface area contributed by atoms with Gasteiger partial charge in [0.15, 0.2) is 6.10 Å². The van der Waals surface area contributed by atoms with E-state index in [4.69, 9.17) is 9.47 Å². The van der Waals surface area contributed by atoms with Crippen LogP contribution >= 0.6 is 0 Å². The quantitative estimate of drug-likeness (QED) is 0.565. The molecule has 5 heteroatoms. The van der Waals surface area contributed by atoms with Crippen molar-refractivity contribution in [3.05, 3.63) is 12.2 Å². The van der Waals surface area contributed by atoms with Gasteiger partial charge in [0.1, 0.15) is 0 Å². The Morgan fingerprint density at radius 1 is 1.05 bits per heavy atom. The van der Waals surface area contributed by atoms with Crippen LogP contribution in [0.1, 0.15) is 41.0 Å². The van der Waals surface area contributed by atoms with Crippen LogP contribution in [0.15, 0.2) is 12.2 Å². The van der Waals surface area contributed by atoms with Crippen molar-refractivity contribution in [3.8, 4) is 0 Å². The van der Waals surface area contributed by atoms with Crippen LogP contribution in [-0.2, 0) is 19.1 Å². The van der Waals surface area contributed by atoms with Gasteiger partial charge in [-0.1, -0.05) is 5.57 Å². The molecule has 0 aromatic heterocycles. The molecule has 0 saturated carbocycles. The second-order valence-corrected chi connectivity index (χ2v) is 5.18. The zero-order valence-corrected chi connectivity index (χ0v) is 12.3. The first-order chi connectivity index (χ1) is 8.65. The molecule has 110 valence electrons. The van der Waals surface area contributed by atoms with Gasteiger partial charge in [0.25, 0.3) is 0 Å². The number of aliphatic hydroxyl groups is 1. The van der Waals surface area contributed by atoms with Gasteiger partial charge in [0.2, 0.25) is 0 Å². The number of allylic oxidation sites excluding steroid dienone is 1. The average molecular weight is 272 g/mol. The molecule has 0 heterocycles. The van der Waals surface area contributed by atoms with Crippen molar-refractivity contribution >= 4 is 11.9 Å². The first kappa shape index (κ1) is 17.6. The van der Waals surface area contributed by atoms with E-state index in [1.807, 2.05) is 0 Å². The zero-order chi connectivity index (χ0) is 15.2. The fourth-order valence-corrected chi connectivity index (χ4v) is 1.49. The summed E-state index contributed by atoms with van der Waals surface area (Å²) in [6, 6.07) is 0. The predicted octanol–water partition coefficient (Wildman–Crippen LogP) is 1.83. The molecule has 0 aliphatic carbocycles. The molecule has 19 heavy (non-hydrogen) atoms. The molecule has 0 fully saturated rings. The molecule has 0 unspecified atom stereocenters. The Labute approximate surface area is 114 Å². The Bertz CT molecular complexity index is 333. The molecule has 0 bridgehead atoms. The molecule has 0 aromatic carbocycles. The first-order valence-corrected chi connectivity index (χ1v) is 6.38. The lowest BCUT2D eigenvalue weighted by atomic mass is 9.95. The number of hydrogen-bond donors (Lipinski definition) is 1. The van der Waals surface area contributed by atoms with Crippen LogP contribution < -0.4 is 0 Å². The fraction of sp³-hybridized carbons (Fsp3) is 0.714. The van der Waals surface area contributed by atoms with Crippen LogP contribution in [-0.4, -0.2) is 35.4 Å². The largest absolute Gasteiger partial charge is 0.463 e. The van der Waals surface area contributed by atoms with Gasteiger partial charge in [0, 0.05) is 0 Å². The van der Waals surface area contributed by atoms with Crippen LogP contribution in [0.2, 0.25) is 0 Å². The Hall–Kier alpha value is -1.36. The van der Waals surface area contributed by atoms with Crippen molar-refractivity contribution in [1.29, 1.82) is 0 Å². The molecule has 0 aromatic rings. The summed E-state index contributed by atoms with van der Waals surface area (Å²) in [5.41, 5.74) is 0.683. The molecule has 5 nitrogen and oxygen atoms in total.